The minimum atomic E-state index is -0.560. The predicted molar refractivity (Wildman–Crippen MR) is 84.4 cm³/mol. The van der Waals surface area contributed by atoms with Crippen molar-refractivity contribution in [2.75, 3.05) is 19.1 Å². The van der Waals surface area contributed by atoms with Crippen molar-refractivity contribution in [3.63, 3.8) is 0 Å². The van der Waals surface area contributed by atoms with Gasteiger partial charge in [0.2, 0.25) is 0 Å². The van der Waals surface area contributed by atoms with E-state index in [1.54, 1.807) is 44.5 Å². The van der Waals surface area contributed by atoms with Gasteiger partial charge in [0.15, 0.2) is 5.82 Å². The molecule has 110 valence electrons. The number of benzene rings is 1. The van der Waals surface area contributed by atoms with Crippen molar-refractivity contribution in [3.05, 3.63) is 46.0 Å². The second kappa shape index (κ2) is 6.78. The molecular formula is C14H12BrClN2O3. The summed E-state index contributed by atoms with van der Waals surface area (Å²) in [7, 11) is 3.13. The fourth-order valence-corrected chi connectivity index (χ4v) is 2.46. The molecule has 0 aliphatic rings. The van der Waals surface area contributed by atoms with E-state index in [1.165, 1.54) is 11.1 Å². The van der Waals surface area contributed by atoms with Gasteiger partial charge in [-0.1, -0.05) is 11.6 Å². The smallest absolute Gasteiger partial charge is 0.420 e. The summed E-state index contributed by atoms with van der Waals surface area (Å²) in [5.41, 5.74) is 0. The third-order valence-corrected chi connectivity index (χ3v) is 3.43. The fraction of sp³-hybridized carbons (Fsp3) is 0.143. The van der Waals surface area contributed by atoms with Crippen LogP contribution in [0.3, 0.4) is 0 Å². The Hall–Kier alpha value is -1.79. The molecule has 1 amide bonds. The maximum Gasteiger partial charge on any atom is 0.420 e. The van der Waals surface area contributed by atoms with Gasteiger partial charge in [-0.2, -0.15) is 0 Å². The Balaban J connectivity index is 2.11. The number of rotatable bonds is 3. The first-order chi connectivity index (χ1) is 10.0. The van der Waals surface area contributed by atoms with Gasteiger partial charge in [0.05, 0.1) is 16.6 Å². The number of halogens is 2. The van der Waals surface area contributed by atoms with Gasteiger partial charge in [-0.3, -0.25) is 4.90 Å². The van der Waals surface area contributed by atoms with Crippen molar-refractivity contribution >= 4 is 39.4 Å². The molecule has 0 unspecified atom stereocenters. The van der Waals surface area contributed by atoms with E-state index in [0.717, 1.165) is 0 Å². The SMILES string of the molecule is COc1ccc(OC(=O)N(C)c2ncc(Cl)cc2Br)cc1. The van der Waals surface area contributed by atoms with Crippen LogP contribution in [0.4, 0.5) is 10.6 Å². The number of anilines is 1. The number of carbonyl (C=O) groups excluding carboxylic acids is 1. The number of nitrogens with zero attached hydrogens (tertiary/aromatic N) is 2. The first kappa shape index (κ1) is 15.6. The van der Waals surface area contributed by atoms with Gasteiger partial charge >= 0.3 is 6.09 Å². The fourth-order valence-electron chi connectivity index (χ4n) is 1.55. The van der Waals surface area contributed by atoms with Crippen LogP contribution in [0.1, 0.15) is 0 Å². The highest BCUT2D eigenvalue weighted by Crippen LogP contribution is 2.26. The van der Waals surface area contributed by atoms with Gasteiger partial charge in [0, 0.05) is 13.2 Å². The molecule has 0 radical (unpaired) electrons. The Morgan fingerprint density at radius 1 is 1.29 bits per heavy atom. The Labute approximate surface area is 135 Å². The molecule has 0 fully saturated rings. The van der Waals surface area contributed by atoms with E-state index in [4.69, 9.17) is 21.1 Å². The Morgan fingerprint density at radius 2 is 1.90 bits per heavy atom. The Morgan fingerprint density at radius 3 is 2.48 bits per heavy atom. The number of pyridine rings is 1. The summed E-state index contributed by atoms with van der Waals surface area (Å²) in [6.07, 6.45) is 0.898. The van der Waals surface area contributed by atoms with Crippen LogP contribution in [0, 0.1) is 0 Å². The van der Waals surface area contributed by atoms with Gasteiger partial charge in [-0.05, 0) is 46.3 Å². The number of amides is 1. The van der Waals surface area contributed by atoms with Crippen LogP contribution in [0.25, 0.3) is 0 Å². The van der Waals surface area contributed by atoms with E-state index in [0.29, 0.717) is 26.8 Å². The van der Waals surface area contributed by atoms with E-state index < -0.39 is 6.09 Å². The average molecular weight is 372 g/mol. The zero-order valence-electron chi connectivity index (χ0n) is 11.3. The molecule has 1 aromatic carbocycles. The van der Waals surface area contributed by atoms with Crippen molar-refractivity contribution < 1.29 is 14.3 Å². The molecule has 2 aromatic rings. The van der Waals surface area contributed by atoms with E-state index in [1.807, 2.05) is 0 Å². The molecule has 0 aliphatic carbocycles. The zero-order chi connectivity index (χ0) is 15.4. The normalized spacial score (nSPS) is 10.1. The number of methoxy groups -OCH3 is 1. The molecule has 0 saturated heterocycles. The summed E-state index contributed by atoms with van der Waals surface area (Å²) in [5.74, 6) is 1.51. The number of carbonyl (C=O) groups is 1. The van der Waals surface area contributed by atoms with Crippen molar-refractivity contribution in [1.29, 1.82) is 0 Å². The molecule has 1 heterocycles. The third-order valence-electron chi connectivity index (χ3n) is 2.64. The quantitative estimate of drug-likeness (QED) is 0.813. The highest BCUT2D eigenvalue weighted by atomic mass is 79.9. The molecule has 1 aromatic heterocycles. The van der Waals surface area contributed by atoms with Gasteiger partial charge in [0.25, 0.3) is 0 Å². The van der Waals surface area contributed by atoms with Crippen LogP contribution in [0.5, 0.6) is 11.5 Å². The van der Waals surface area contributed by atoms with E-state index in [2.05, 4.69) is 20.9 Å². The van der Waals surface area contributed by atoms with Crippen LogP contribution in [-0.4, -0.2) is 25.2 Å². The molecule has 21 heavy (non-hydrogen) atoms. The molecule has 0 spiro atoms. The van der Waals surface area contributed by atoms with Gasteiger partial charge < -0.3 is 9.47 Å². The Bertz CT molecular complexity index is 649. The summed E-state index contributed by atoms with van der Waals surface area (Å²) in [4.78, 5) is 17.5. The number of hydrogen-bond acceptors (Lipinski definition) is 4. The zero-order valence-corrected chi connectivity index (χ0v) is 13.7. The first-order valence-electron chi connectivity index (χ1n) is 5.92. The van der Waals surface area contributed by atoms with E-state index in [9.17, 15) is 4.79 Å². The molecule has 0 bridgehead atoms. The lowest BCUT2D eigenvalue weighted by molar-refractivity contribution is 0.209. The number of ether oxygens (including phenoxy) is 2. The summed E-state index contributed by atoms with van der Waals surface area (Å²) >= 11 is 9.13. The maximum absolute atomic E-state index is 12.1. The van der Waals surface area contributed by atoms with Crippen molar-refractivity contribution in [1.82, 2.24) is 4.98 Å². The number of hydrogen-bond donors (Lipinski definition) is 0. The van der Waals surface area contributed by atoms with Crippen molar-refractivity contribution in [2.24, 2.45) is 0 Å². The van der Waals surface area contributed by atoms with E-state index >= 15 is 0 Å². The molecule has 0 atom stereocenters. The molecule has 0 aliphatic heterocycles. The van der Waals surface area contributed by atoms with Crippen LogP contribution in [0.15, 0.2) is 41.0 Å². The van der Waals surface area contributed by atoms with Crippen molar-refractivity contribution in [2.45, 2.75) is 0 Å². The third kappa shape index (κ3) is 3.86. The lowest BCUT2D eigenvalue weighted by Crippen LogP contribution is -2.30. The second-order valence-corrected chi connectivity index (χ2v) is 5.35. The van der Waals surface area contributed by atoms with E-state index in [-0.39, 0.29) is 0 Å². The van der Waals surface area contributed by atoms with Crippen LogP contribution < -0.4 is 14.4 Å². The molecule has 0 saturated carbocycles. The maximum atomic E-state index is 12.1. The van der Waals surface area contributed by atoms with Gasteiger partial charge in [-0.25, -0.2) is 9.78 Å². The summed E-state index contributed by atoms with van der Waals surface area (Å²) in [5, 5.41) is 0.475. The van der Waals surface area contributed by atoms with Crippen molar-refractivity contribution in [3.8, 4) is 11.5 Å². The molecule has 0 N–H and O–H groups in total. The second-order valence-electron chi connectivity index (χ2n) is 4.06. The van der Waals surface area contributed by atoms with Gasteiger partial charge in [-0.15, -0.1) is 0 Å². The Kier molecular flexibility index (Phi) is 5.03. The molecule has 2 rings (SSSR count). The van der Waals surface area contributed by atoms with Gasteiger partial charge in [0.1, 0.15) is 11.5 Å². The largest absolute Gasteiger partial charge is 0.497 e. The standard InChI is InChI=1S/C14H12BrClN2O3/c1-18(13-12(15)7-9(16)8-17-13)14(19)21-11-5-3-10(20-2)4-6-11/h3-8H,1-2H3. The average Bonchev–Trinajstić information content (AvgIpc) is 2.47. The lowest BCUT2D eigenvalue weighted by Gasteiger charge is -2.17. The number of aromatic nitrogens is 1. The summed E-state index contributed by atoms with van der Waals surface area (Å²) < 4.78 is 10.9. The summed E-state index contributed by atoms with van der Waals surface area (Å²) in [6.45, 7) is 0. The van der Waals surface area contributed by atoms with Crippen LogP contribution in [-0.2, 0) is 0 Å². The summed E-state index contributed by atoms with van der Waals surface area (Å²) in [6, 6.07) is 8.36. The van der Waals surface area contributed by atoms with Crippen LogP contribution in [0.2, 0.25) is 5.02 Å². The highest BCUT2D eigenvalue weighted by Gasteiger charge is 2.17. The molecule has 5 nitrogen and oxygen atoms in total. The highest BCUT2D eigenvalue weighted by molar-refractivity contribution is 9.10. The predicted octanol–water partition coefficient (Wildman–Crippen LogP) is 4.14. The molecular weight excluding hydrogens is 360 g/mol. The first-order valence-corrected chi connectivity index (χ1v) is 7.09. The minimum Gasteiger partial charge on any atom is -0.497 e. The lowest BCUT2D eigenvalue weighted by atomic mass is 10.3. The topological polar surface area (TPSA) is 51.7 Å². The monoisotopic (exact) mass is 370 g/mol. The minimum absolute atomic E-state index is 0.415. The van der Waals surface area contributed by atoms with Crippen LogP contribution >= 0.6 is 27.5 Å². The molecule has 7 heteroatoms.